The lowest BCUT2D eigenvalue weighted by molar-refractivity contribution is 0.327. The first-order valence-corrected chi connectivity index (χ1v) is 9.72. The van der Waals surface area contributed by atoms with Crippen molar-refractivity contribution in [1.29, 1.82) is 0 Å². The normalized spacial score (nSPS) is 14.1. The molecule has 0 N–H and O–H groups in total. The molecule has 1 aromatic heterocycles. The largest absolute Gasteiger partial charge is 0.418 e. The summed E-state index contributed by atoms with van der Waals surface area (Å²) in [5.41, 5.74) is 0. The fourth-order valence-electron chi connectivity index (χ4n) is 1.74. The van der Waals surface area contributed by atoms with Crippen molar-refractivity contribution < 1.29 is 4.43 Å². The fraction of sp³-hybridized carbons (Fsp3) is 0.667. The first kappa shape index (κ1) is 12.9. The molecule has 0 aromatic carbocycles. The molecule has 86 valence electrons. The van der Waals surface area contributed by atoms with Gasteiger partial charge in [0.05, 0.1) is 0 Å². The molecule has 3 heteroatoms. The van der Waals surface area contributed by atoms with Crippen LogP contribution in [-0.2, 0) is 4.43 Å². The number of hydrogen-bond donors (Lipinski definition) is 0. The van der Waals surface area contributed by atoms with Crippen LogP contribution >= 0.6 is 11.3 Å². The Morgan fingerprint density at radius 1 is 1.47 bits per heavy atom. The van der Waals surface area contributed by atoms with Gasteiger partial charge in [0.15, 0.2) is 8.32 Å². The van der Waals surface area contributed by atoms with Crippen molar-refractivity contribution in [2.24, 2.45) is 0 Å². The second-order valence-corrected chi connectivity index (χ2v) is 9.94. The standard InChI is InChI=1S/C12H22OSSi/c1-5-13-15(3,4)10-8-11(2)12-7-6-9-14-12/h6-7,9,11H,5,8,10H2,1-4H3. The summed E-state index contributed by atoms with van der Waals surface area (Å²) in [4.78, 5) is 1.51. The zero-order chi connectivity index (χ0) is 11.3. The topological polar surface area (TPSA) is 9.23 Å². The van der Waals surface area contributed by atoms with Crippen molar-refractivity contribution in [1.82, 2.24) is 0 Å². The van der Waals surface area contributed by atoms with Crippen LogP contribution in [0.3, 0.4) is 0 Å². The van der Waals surface area contributed by atoms with Crippen molar-refractivity contribution in [2.75, 3.05) is 6.61 Å². The molecule has 1 nitrogen and oxygen atoms in total. The Balaban J connectivity index is 2.37. The summed E-state index contributed by atoms with van der Waals surface area (Å²) in [6, 6.07) is 5.64. The fourth-order valence-corrected chi connectivity index (χ4v) is 4.62. The van der Waals surface area contributed by atoms with Crippen LogP contribution < -0.4 is 0 Å². The van der Waals surface area contributed by atoms with E-state index in [1.165, 1.54) is 17.3 Å². The molecule has 0 aliphatic heterocycles. The minimum absolute atomic E-state index is 0.692. The minimum Gasteiger partial charge on any atom is -0.418 e. The molecule has 0 saturated carbocycles. The van der Waals surface area contributed by atoms with E-state index in [1.54, 1.807) is 0 Å². The molecule has 1 aromatic rings. The summed E-state index contributed by atoms with van der Waals surface area (Å²) in [6.07, 6.45) is 1.26. The van der Waals surface area contributed by atoms with Crippen molar-refractivity contribution in [3.63, 3.8) is 0 Å². The molecule has 0 bridgehead atoms. The lowest BCUT2D eigenvalue weighted by Gasteiger charge is -2.23. The number of thiophene rings is 1. The summed E-state index contributed by atoms with van der Waals surface area (Å²) in [6.45, 7) is 9.92. The quantitative estimate of drug-likeness (QED) is 0.668. The molecule has 1 unspecified atom stereocenters. The summed E-state index contributed by atoms with van der Waals surface area (Å²) in [7, 11) is -1.37. The Hall–Kier alpha value is -0.123. The minimum atomic E-state index is -1.37. The van der Waals surface area contributed by atoms with Gasteiger partial charge in [-0.15, -0.1) is 11.3 Å². The summed E-state index contributed by atoms with van der Waals surface area (Å²) in [5.74, 6) is 0.692. The molecule has 0 aliphatic rings. The first-order chi connectivity index (χ1) is 7.05. The summed E-state index contributed by atoms with van der Waals surface area (Å²) >= 11 is 1.87. The highest BCUT2D eigenvalue weighted by Crippen LogP contribution is 2.28. The average Bonchev–Trinajstić information content (AvgIpc) is 2.67. The molecule has 15 heavy (non-hydrogen) atoms. The third-order valence-corrected chi connectivity index (χ3v) is 6.41. The zero-order valence-electron chi connectivity index (χ0n) is 10.2. The molecule has 0 spiro atoms. The van der Waals surface area contributed by atoms with Crippen LogP contribution in [0.15, 0.2) is 17.5 Å². The van der Waals surface area contributed by atoms with Gasteiger partial charge in [-0.25, -0.2) is 0 Å². The van der Waals surface area contributed by atoms with E-state index < -0.39 is 8.32 Å². The summed E-state index contributed by atoms with van der Waals surface area (Å²) in [5, 5.41) is 2.16. The maximum Gasteiger partial charge on any atom is 0.186 e. The second-order valence-electron chi connectivity index (χ2n) is 4.65. The van der Waals surface area contributed by atoms with Crippen LogP contribution in [0.5, 0.6) is 0 Å². The van der Waals surface area contributed by atoms with E-state index in [1.807, 2.05) is 11.3 Å². The summed E-state index contributed by atoms with van der Waals surface area (Å²) < 4.78 is 5.84. The maximum atomic E-state index is 5.84. The Morgan fingerprint density at radius 3 is 2.73 bits per heavy atom. The third kappa shape index (κ3) is 4.49. The molecule has 0 radical (unpaired) electrons. The number of hydrogen-bond acceptors (Lipinski definition) is 2. The van der Waals surface area contributed by atoms with E-state index in [0.717, 1.165) is 6.61 Å². The van der Waals surface area contributed by atoms with E-state index in [-0.39, 0.29) is 0 Å². The maximum absolute atomic E-state index is 5.84. The van der Waals surface area contributed by atoms with E-state index in [4.69, 9.17) is 4.43 Å². The van der Waals surface area contributed by atoms with Crippen LogP contribution in [0.4, 0.5) is 0 Å². The van der Waals surface area contributed by atoms with E-state index in [9.17, 15) is 0 Å². The van der Waals surface area contributed by atoms with Gasteiger partial charge < -0.3 is 4.43 Å². The zero-order valence-corrected chi connectivity index (χ0v) is 12.1. The van der Waals surface area contributed by atoms with Crippen LogP contribution in [-0.4, -0.2) is 14.9 Å². The molecule has 0 saturated heterocycles. The molecular formula is C12H22OSSi. The van der Waals surface area contributed by atoms with Gasteiger partial charge in [-0.2, -0.15) is 0 Å². The van der Waals surface area contributed by atoms with Crippen LogP contribution in [0, 0.1) is 0 Å². The van der Waals surface area contributed by atoms with Crippen LogP contribution in [0.25, 0.3) is 0 Å². The van der Waals surface area contributed by atoms with Crippen molar-refractivity contribution in [3.8, 4) is 0 Å². The van der Waals surface area contributed by atoms with Gasteiger partial charge in [-0.1, -0.05) is 13.0 Å². The van der Waals surface area contributed by atoms with Gasteiger partial charge in [-0.3, -0.25) is 0 Å². The lowest BCUT2D eigenvalue weighted by Crippen LogP contribution is -2.30. The molecular weight excluding hydrogens is 220 g/mol. The predicted octanol–water partition coefficient (Wildman–Crippen LogP) is 4.48. The van der Waals surface area contributed by atoms with Gasteiger partial charge >= 0.3 is 0 Å². The van der Waals surface area contributed by atoms with Crippen LogP contribution in [0.2, 0.25) is 19.1 Å². The molecule has 1 heterocycles. The van der Waals surface area contributed by atoms with Gasteiger partial charge in [0.1, 0.15) is 0 Å². The van der Waals surface area contributed by atoms with E-state index in [0.29, 0.717) is 5.92 Å². The molecule has 1 atom stereocenters. The Bertz CT molecular complexity index is 269. The van der Waals surface area contributed by atoms with Crippen LogP contribution in [0.1, 0.15) is 31.1 Å². The molecule has 0 aliphatic carbocycles. The Labute approximate surface area is 98.6 Å². The smallest absolute Gasteiger partial charge is 0.186 e. The third-order valence-electron chi connectivity index (χ3n) is 2.74. The predicted molar refractivity (Wildman–Crippen MR) is 71.3 cm³/mol. The molecule has 0 fully saturated rings. The van der Waals surface area contributed by atoms with Crippen molar-refractivity contribution in [3.05, 3.63) is 22.4 Å². The second kappa shape index (κ2) is 5.82. The highest BCUT2D eigenvalue weighted by Gasteiger charge is 2.22. The Kier molecular flexibility index (Phi) is 5.03. The SMILES string of the molecule is CCO[Si](C)(C)CCC(C)c1cccs1. The lowest BCUT2D eigenvalue weighted by atomic mass is 10.1. The van der Waals surface area contributed by atoms with Gasteiger partial charge in [0, 0.05) is 11.5 Å². The van der Waals surface area contributed by atoms with Gasteiger partial charge in [-0.05, 0) is 49.8 Å². The highest BCUT2D eigenvalue weighted by atomic mass is 32.1. The van der Waals surface area contributed by atoms with E-state index in [2.05, 4.69) is 44.5 Å². The average molecular weight is 242 g/mol. The monoisotopic (exact) mass is 242 g/mol. The number of rotatable bonds is 6. The molecule has 1 rings (SSSR count). The first-order valence-electron chi connectivity index (χ1n) is 5.72. The van der Waals surface area contributed by atoms with Crippen molar-refractivity contribution in [2.45, 2.75) is 45.3 Å². The van der Waals surface area contributed by atoms with Gasteiger partial charge in [0.25, 0.3) is 0 Å². The Morgan fingerprint density at radius 2 is 2.20 bits per heavy atom. The van der Waals surface area contributed by atoms with Gasteiger partial charge in [0.2, 0.25) is 0 Å². The van der Waals surface area contributed by atoms with Crippen molar-refractivity contribution >= 4 is 19.7 Å². The molecule has 0 amide bonds. The van der Waals surface area contributed by atoms with E-state index >= 15 is 0 Å². The highest BCUT2D eigenvalue weighted by molar-refractivity contribution is 7.10.